The number of ether oxygens (including phenoxy) is 1. The van der Waals surface area contributed by atoms with Crippen molar-refractivity contribution in [1.82, 2.24) is 4.98 Å². The SMILES string of the molecule is CC(C)(C)OC(=O)c1ccc(-c2nc(C(=O)O)cs2)c(N)c1. The Morgan fingerprint density at radius 3 is 2.50 bits per heavy atom. The van der Waals surface area contributed by atoms with Crippen LogP contribution in [0.15, 0.2) is 23.6 Å². The van der Waals surface area contributed by atoms with Gasteiger partial charge in [-0.2, -0.15) is 0 Å². The first-order valence-corrected chi connectivity index (χ1v) is 7.37. The van der Waals surface area contributed by atoms with E-state index in [4.69, 9.17) is 15.6 Å². The molecule has 1 aromatic carbocycles. The smallest absolute Gasteiger partial charge is 0.355 e. The molecule has 3 N–H and O–H groups in total. The molecule has 1 aromatic heterocycles. The minimum Gasteiger partial charge on any atom is -0.476 e. The van der Waals surface area contributed by atoms with E-state index in [2.05, 4.69) is 4.98 Å². The first-order valence-electron chi connectivity index (χ1n) is 6.49. The van der Waals surface area contributed by atoms with E-state index in [1.54, 1.807) is 32.9 Å². The second-order valence-electron chi connectivity index (χ2n) is 5.65. The summed E-state index contributed by atoms with van der Waals surface area (Å²) < 4.78 is 5.27. The second-order valence-corrected chi connectivity index (χ2v) is 6.51. The molecule has 0 bridgehead atoms. The van der Waals surface area contributed by atoms with E-state index < -0.39 is 17.5 Å². The number of carboxylic acids is 1. The monoisotopic (exact) mass is 320 g/mol. The predicted octanol–water partition coefficient (Wildman–Crippen LogP) is 3.05. The normalized spacial score (nSPS) is 11.2. The zero-order chi connectivity index (χ0) is 16.5. The van der Waals surface area contributed by atoms with Crippen LogP contribution in [0.4, 0.5) is 5.69 Å². The van der Waals surface area contributed by atoms with Gasteiger partial charge < -0.3 is 15.6 Å². The molecule has 0 radical (unpaired) electrons. The molecular weight excluding hydrogens is 304 g/mol. The fraction of sp³-hybridized carbons (Fsp3) is 0.267. The number of aromatic carboxylic acids is 1. The van der Waals surface area contributed by atoms with Gasteiger partial charge in [0.2, 0.25) is 0 Å². The van der Waals surface area contributed by atoms with Gasteiger partial charge in [-0.15, -0.1) is 11.3 Å². The Balaban J connectivity index is 2.29. The molecule has 7 heteroatoms. The third kappa shape index (κ3) is 3.62. The number of esters is 1. The third-order valence-corrected chi connectivity index (χ3v) is 3.52. The van der Waals surface area contributed by atoms with Crippen molar-refractivity contribution in [2.45, 2.75) is 26.4 Å². The van der Waals surface area contributed by atoms with Crippen LogP contribution >= 0.6 is 11.3 Å². The Morgan fingerprint density at radius 2 is 2.00 bits per heavy atom. The molecule has 0 spiro atoms. The molecule has 2 aromatic rings. The van der Waals surface area contributed by atoms with Gasteiger partial charge in [-0.05, 0) is 39.0 Å². The molecular formula is C15H16N2O4S. The van der Waals surface area contributed by atoms with E-state index in [1.807, 2.05) is 0 Å². The average molecular weight is 320 g/mol. The largest absolute Gasteiger partial charge is 0.476 e. The number of carbonyl (C=O) groups is 2. The molecule has 0 aliphatic rings. The molecule has 22 heavy (non-hydrogen) atoms. The summed E-state index contributed by atoms with van der Waals surface area (Å²) >= 11 is 1.18. The van der Waals surface area contributed by atoms with Crippen LogP contribution in [0.2, 0.25) is 0 Å². The van der Waals surface area contributed by atoms with Gasteiger partial charge in [-0.25, -0.2) is 14.6 Å². The van der Waals surface area contributed by atoms with Crippen molar-refractivity contribution in [2.24, 2.45) is 0 Å². The van der Waals surface area contributed by atoms with E-state index in [0.29, 0.717) is 21.8 Å². The van der Waals surface area contributed by atoms with Crippen molar-refractivity contribution < 1.29 is 19.4 Å². The fourth-order valence-corrected chi connectivity index (χ4v) is 2.56. The maximum Gasteiger partial charge on any atom is 0.355 e. The topological polar surface area (TPSA) is 103 Å². The molecule has 0 unspecified atom stereocenters. The molecule has 0 aliphatic carbocycles. The molecule has 116 valence electrons. The van der Waals surface area contributed by atoms with Crippen LogP contribution in [-0.2, 0) is 4.74 Å². The number of nitrogen functional groups attached to an aromatic ring is 1. The number of carboxylic acid groups (broad SMARTS) is 1. The number of nitrogens with two attached hydrogens (primary N) is 1. The number of aromatic nitrogens is 1. The summed E-state index contributed by atoms with van der Waals surface area (Å²) in [5, 5.41) is 10.8. The molecule has 6 nitrogen and oxygen atoms in total. The molecule has 0 amide bonds. The van der Waals surface area contributed by atoms with Crippen molar-refractivity contribution >= 4 is 29.0 Å². The Labute approximate surface area is 131 Å². The standard InChI is InChI=1S/C15H16N2O4S/c1-15(2,3)21-14(20)8-4-5-9(10(16)6-8)12-17-11(7-22-12)13(18)19/h4-7H,16H2,1-3H3,(H,18,19). The van der Waals surface area contributed by atoms with Crippen LogP contribution in [0.25, 0.3) is 10.6 Å². The van der Waals surface area contributed by atoms with Gasteiger partial charge in [0.05, 0.1) is 5.56 Å². The van der Waals surface area contributed by atoms with E-state index in [9.17, 15) is 9.59 Å². The van der Waals surface area contributed by atoms with Crippen LogP contribution in [0.3, 0.4) is 0 Å². The quantitative estimate of drug-likeness (QED) is 0.665. The van der Waals surface area contributed by atoms with E-state index in [-0.39, 0.29) is 5.69 Å². The van der Waals surface area contributed by atoms with Gasteiger partial charge in [-0.3, -0.25) is 0 Å². The Kier molecular flexibility index (Phi) is 4.18. The number of hydrogen-bond acceptors (Lipinski definition) is 6. The highest BCUT2D eigenvalue weighted by Gasteiger charge is 2.19. The summed E-state index contributed by atoms with van der Waals surface area (Å²) in [5.74, 6) is -1.55. The molecule has 0 fully saturated rings. The summed E-state index contributed by atoms with van der Waals surface area (Å²) in [7, 11) is 0. The first-order chi connectivity index (χ1) is 10.2. The van der Waals surface area contributed by atoms with Crippen LogP contribution in [0, 0.1) is 0 Å². The maximum absolute atomic E-state index is 12.0. The molecule has 0 atom stereocenters. The minimum absolute atomic E-state index is 0.0318. The summed E-state index contributed by atoms with van der Waals surface area (Å²) in [6, 6.07) is 4.73. The number of benzene rings is 1. The van der Waals surface area contributed by atoms with Crippen molar-refractivity contribution in [3.05, 3.63) is 34.8 Å². The molecule has 0 saturated heterocycles. The summed E-state index contributed by atoms with van der Waals surface area (Å²) in [6.07, 6.45) is 0. The van der Waals surface area contributed by atoms with Crippen LogP contribution in [0.5, 0.6) is 0 Å². The Hall–Kier alpha value is -2.41. The highest BCUT2D eigenvalue weighted by Crippen LogP contribution is 2.30. The van der Waals surface area contributed by atoms with Gasteiger partial charge in [0, 0.05) is 16.6 Å². The molecule has 0 saturated carbocycles. The van der Waals surface area contributed by atoms with E-state index in [1.165, 1.54) is 22.8 Å². The summed E-state index contributed by atoms with van der Waals surface area (Å²) in [6.45, 7) is 5.35. The Bertz CT molecular complexity index is 731. The predicted molar refractivity (Wildman–Crippen MR) is 84.1 cm³/mol. The van der Waals surface area contributed by atoms with Gasteiger partial charge in [0.25, 0.3) is 0 Å². The number of rotatable bonds is 3. The fourth-order valence-electron chi connectivity index (χ4n) is 1.72. The lowest BCUT2D eigenvalue weighted by molar-refractivity contribution is 0.00694. The minimum atomic E-state index is -1.09. The lowest BCUT2D eigenvalue weighted by Gasteiger charge is -2.19. The van der Waals surface area contributed by atoms with Gasteiger partial charge in [0.15, 0.2) is 5.69 Å². The lowest BCUT2D eigenvalue weighted by atomic mass is 10.1. The number of anilines is 1. The first kappa shape index (κ1) is 16.0. The molecule has 0 aliphatic heterocycles. The lowest BCUT2D eigenvalue weighted by Crippen LogP contribution is -2.23. The number of nitrogens with zero attached hydrogens (tertiary/aromatic N) is 1. The Morgan fingerprint density at radius 1 is 1.32 bits per heavy atom. The molecule has 2 rings (SSSR count). The average Bonchev–Trinajstić information content (AvgIpc) is 2.86. The van der Waals surface area contributed by atoms with Gasteiger partial charge in [0.1, 0.15) is 10.6 Å². The van der Waals surface area contributed by atoms with Crippen LogP contribution in [0.1, 0.15) is 41.6 Å². The zero-order valence-electron chi connectivity index (χ0n) is 12.4. The van der Waals surface area contributed by atoms with Gasteiger partial charge in [-0.1, -0.05) is 0 Å². The van der Waals surface area contributed by atoms with E-state index >= 15 is 0 Å². The third-order valence-electron chi connectivity index (χ3n) is 2.64. The number of carbonyl (C=O) groups excluding carboxylic acids is 1. The number of thiazole rings is 1. The van der Waals surface area contributed by atoms with Crippen LogP contribution < -0.4 is 5.73 Å². The van der Waals surface area contributed by atoms with Crippen LogP contribution in [-0.4, -0.2) is 27.6 Å². The zero-order valence-corrected chi connectivity index (χ0v) is 13.2. The summed E-state index contributed by atoms with van der Waals surface area (Å²) in [5.41, 5.74) is 6.60. The van der Waals surface area contributed by atoms with Gasteiger partial charge >= 0.3 is 11.9 Å². The van der Waals surface area contributed by atoms with Crippen molar-refractivity contribution in [3.8, 4) is 10.6 Å². The van der Waals surface area contributed by atoms with E-state index in [0.717, 1.165) is 0 Å². The highest BCUT2D eigenvalue weighted by molar-refractivity contribution is 7.13. The van der Waals surface area contributed by atoms with Crippen molar-refractivity contribution in [2.75, 3.05) is 5.73 Å². The second kappa shape index (κ2) is 5.76. The highest BCUT2D eigenvalue weighted by atomic mass is 32.1. The van der Waals surface area contributed by atoms with Crippen molar-refractivity contribution in [1.29, 1.82) is 0 Å². The number of hydrogen-bond donors (Lipinski definition) is 2. The maximum atomic E-state index is 12.0. The summed E-state index contributed by atoms with van der Waals surface area (Å²) in [4.78, 5) is 26.8. The van der Waals surface area contributed by atoms with Crippen molar-refractivity contribution in [3.63, 3.8) is 0 Å². The molecule has 1 heterocycles.